The van der Waals surface area contributed by atoms with Gasteiger partial charge in [-0.05, 0) is 74.6 Å². The number of phenols is 1. The third kappa shape index (κ3) is 6.72. The van der Waals surface area contributed by atoms with Gasteiger partial charge in [-0.3, -0.25) is 14.5 Å². The van der Waals surface area contributed by atoms with E-state index in [0.717, 1.165) is 39.1 Å². The average molecular weight is 712 g/mol. The number of fused-ring (bicyclic) bond motifs is 1. The quantitative estimate of drug-likeness (QED) is 0.117. The van der Waals surface area contributed by atoms with Crippen molar-refractivity contribution in [3.05, 3.63) is 155 Å². The van der Waals surface area contributed by atoms with Crippen LogP contribution in [0.2, 0.25) is 0 Å². The van der Waals surface area contributed by atoms with Crippen LogP contribution in [-0.4, -0.2) is 59.0 Å². The Morgan fingerprint density at radius 2 is 1.40 bits per heavy atom. The van der Waals surface area contributed by atoms with Gasteiger partial charge in [0.2, 0.25) is 5.16 Å². The molecular formula is C40H33N5O6S. The molecule has 2 amide bonds. The lowest BCUT2D eigenvalue weighted by molar-refractivity contribution is -0.245. The van der Waals surface area contributed by atoms with Gasteiger partial charge >= 0.3 is 0 Å². The number of phenolic OH excluding ortho intramolecular Hbond substituents is 1. The highest BCUT2D eigenvalue weighted by molar-refractivity contribution is 7.99. The molecular weight excluding hydrogens is 679 g/mol. The molecule has 52 heavy (non-hydrogen) atoms. The number of rotatable bonds is 10. The number of imide groups is 1. The van der Waals surface area contributed by atoms with Gasteiger partial charge in [-0.1, -0.05) is 96.7 Å². The molecule has 2 aliphatic rings. The molecule has 5 aromatic carbocycles. The van der Waals surface area contributed by atoms with E-state index in [9.17, 15) is 19.8 Å². The Morgan fingerprint density at radius 1 is 0.750 bits per heavy atom. The first-order valence-corrected chi connectivity index (χ1v) is 17.8. The van der Waals surface area contributed by atoms with Crippen molar-refractivity contribution in [1.82, 2.24) is 25.1 Å². The van der Waals surface area contributed by atoms with E-state index >= 15 is 0 Å². The van der Waals surface area contributed by atoms with Gasteiger partial charge in [0.05, 0.1) is 42.2 Å². The lowest BCUT2D eigenvalue weighted by atomic mass is 9.97. The SMILES string of the molecule is O=C1c2ccccc2C(=O)N1Cc1ccccc1-c1ccc(C2OC(CSc3nnnn3-c3ccc(O)cc3)CC(c3ccc(CO)cc3)O2)cc1. The Balaban J connectivity index is 1.02. The molecule has 6 aromatic rings. The predicted octanol–water partition coefficient (Wildman–Crippen LogP) is 6.66. The number of benzene rings is 5. The zero-order valence-electron chi connectivity index (χ0n) is 27.8. The largest absolute Gasteiger partial charge is 0.508 e. The van der Waals surface area contributed by atoms with Crippen LogP contribution in [0.25, 0.3) is 16.8 Å². The Kier molecular flexibility index (Phi) is 9.35. The fraction of sp³-hybridized carbons (Fsp3) is 0.175. The zero-order valence-corrected chi connectivity index (χ0v) is 28.6. The van der Waals surface area contributed by atoms with Crippen LogP contribution in [0.3, 0.4) is 0 Å². The van der Waals surface area contributed by atoms with Gasteiger partial charge < -0.3 is 19.7 Å². The van der Waals surface area contributed by atoms with E-state index in [1.807, 2.05) is 72.8 Å². The molecule has 260 valence electrons. The lowest BCUT2D eigenvalue weighted by Gasteiger charge is -2.36. The van der Waals surface area contributed by atoms with Crippen molar-refractivity contribution in [3.8, 4) is 22.6 Å². The Morgan fingerprint density at radius 3 is 2.10 bits per heavy atom. The van der Waals surface area contributed by atoms with Gasteiger partial charge in [0.15, 0.2) is 6.29 Å². The first-order chi connectivity index (χ1) is 25.4. The van der Waals surface area contributed by atoms with E-state index < -0.39 is 6.29 Å². The molecule has 3 atom stereocenters. The number of thioether (sulfide) groups is 1. The summed E-state index contributed by atoms with van der Waals surface area (Å²) >= 11 is 1.47. The molecule has 11 nitrogen and oxygen atoms in total. The topological polar surface area (TPSA) is 140 Å². The highest BCUT2D eigenvalue weighted by atomic mass is 32.2. The summed E-state index contributed by atoms with van der Waals surface area (Å²) in [6.07, 6.45) is -0.578. The van der Waals surface area contributed by atoms with Gasteiger partial charge in [-0.2, -0.15) is 4.68 Å². The molecule has 3 heterocycles. The molecule has 1 saturated heterocycles. The molecule has 3 unspecified atom stereocenters. The molecule has 8 rings (SSSR count). The molecule has 0 bridgehead atoms. The van der Waals surface area contributed by atoms with Gasteiger partial charge in [0.1, 0.15) is 5.75 Å². The Hall–Kier alpha value is -5.66. The van der Waals surface area contributed by atoms with E-state index in [1.165, 1.54) is 16.7 Å². The molecule has 0 aliphatic carbocycles. The van der Waals surface area contributed by atoms with Crippen molar-refractivity contribution >= 4 is 23.6 Å². The molecule has 0 radical (unpaired) electrons. The van der Waals surface area contributed by atoms with Crippen molar-refractivity contribution in [2.45, 2.75) is 43.2 Å². The summed E-state index contributed by atoms with van der Waals surface area (Å²) in [6.45, 7) is 0.117. The van der Waals surface area contributed by atoms with E-state index in [1.54, 1.807) is 53.2 Å². The molecule has 2 aliphatic heterocycles. The second-order valence-corrected chi connectivity index (χ2v) is 13.6. The highest BCUT2D eigenvalue weighted by Gasteiger charge is 2.36. The predicted molar refractivity (Wildman–Crippen MR) is 192 cm³/mol. The van der Waals surface area contributed by atoms with Crippen molar-refractivity contribution in [2.24, 2.45) is 0 Å². The summed E-state index contributed by atoms with van der Waals surface area (Å²) in [5.41, 5.74) is 6.91. The number of aliphatic hydroxyl groups is 1. The molecule has 2 N–H and O–H groups in total. The van der Waals surface area contributed by atoms with Crippen LogP contribution in [0, 0.1) is 0 Å². The normalized spacial score (nSPS) is 18.5. The van der Waals surface area contributed by atoms with Crippen molar-refractivity contribution in [3.63, 3.8) is 0 Å². The summed E-state index contributed by atoms with van der Waals surface area (Å²) in [5, 5.41) is 32.1. The minimum Gasteiger partial charge on any atom is -0.508 e. The van der Waals surface area contributed by atoms with E-state index in [4.69, 9.17) is 9.47 Å². The second-order valence-electron chi connectivity index (χ2n) is 12.6. The standard InChI is InChI=1S/C40H33N5O6S/c46-23-25-9-11-27(12-10-25)36-21-32(24-52-40-41-42-43-45(40)30-17-19-31(47)20-18-30)50-39(51-36)28-15-13-26(14-16-28)33-6-2-1-5-29(33)22-44-37(48)34-7-3-4-8-35(34)38(44)49/h1-20,32,36,39,46-47H,21-24H2. The van der Waals surface area contributed by atoms with Crippen LogP contribution in [0.1, 0.15) is 61.8 Å². The van der Waals surface area contributed by atoms with Crippen LogP contribution < -0.4 is 0 Å². The number of carbonyl (C=O) groups excluding carboxylic acids is 2. The van der Waals surface area contributed by atoms with Gasteiger partial charge in [0.25, 0.3) is 11.8 Å². The van der Waals surface area contributed by atoms with Crippen molar-refractivity contribution < 1.29 is 29.3 Å². The highest BCUT2D eigenvalue weighted by Crippen LogP contribution is 2.40. The Labute approximate surface area is 303 Å². The van der Waals surface area contributed by atoms with Gasteiger partial charge in [-0.15, -0.1) is 5.10 Å². The third-order valence-electron chi connectivity index (χ3n) is 9.27. The monoisotopic (exact) mass is 711 g/mol. The number of hydrogen-bond donors (Lipinski definition) is 2. The average Bonchev–Trinajstić information content (AvgIpc) is 3.76. The van der Waals surface area contributed by atoms with Crippen LogP contribution >= 0.6 is 11.8 Å². The molecule has 0 spiro atoms. The van der Waals surface area contributed by atoms with Crippen LogP contribution in [0.15, 0.2) is 126 Å². The number of carbonyl (C=O) groups is 2. The first-order valence-electron chi connectivity index (χ1n) is 16.8. The number of aromatic nitrogens is 4. The van der Waals surface area contributed by atoms with Crippen LogP contribution in [0.4, 0.5) is 0 Å². The summed E-state index contributed by atoms with van der Waals surface area (Å²) in [4.78, 5) is 27.5. The van der Waals surface area contributed by atoms with E-state index in [-0.39, 0.29) is 42.9 Å². The second kappa shape index (κ2) is 14.5. The van der Waals surface area contributed by atoms with Crippen molar-refractivity contribution in [2.75, 3.05) is 5.75 Å². The maximum Gasteiger partial charge on any atom is 0.261 e. The smallest absolute Gasteiger partial charge is 0.261 e. The van der Waals surface area contributed by atoms with Crippen molar-refractivity contribution in [1.29, 1.82) is 0 Å². The third-order valence-corrected chi connectivity index (χ3v) is 10.3. The van der Waals surface area contributed by atoms with E-state index in [2.05, 4.69) is 15.5 Å². The fourth-order valence-corrected chi connectivity index (χ4v) is 7.44. The maximum atomic E-state index is 13.1. The fourth-order valence-electron chi connectivity index (χ4n) is 6.53. The minimum atomic E-state index is -0.669. The number of hydrogen-bond acceptors (Lipinski definition) is 10. The van der Waals surface area contributed by atoms with Gasteiger partial charge in [0, 0.05) is 17.7 Å². The summed E-state index contributed by atoms with van der Waals surface area (Å²) in [6, 6.07) is 37.0. The minimum absolute atomic E-state index is 0.0413. The number of tetrazole rings is 1. The number of amides is 2. The Bertz CT molecular complexity index is 2190. The van der Waals surface area contributed by atoms with Crippen LogP contribution in [0.5, 0.6) is 5.75 Å². The molecule has 12 heteroatoms. The number of aliphatic hydroxyl groups excluding tert-OH is 1. The first kappa shape index (κ1) is 33.5. The maximum absolute atomic E-state index is 13.1. The zero-order chi connectivity index (χ0) is 35.6. The number of nitrogens with zero attached hydrogens (tertiary/aromatic N) is 5. The lowest BCUT2D eigenvalue weighted by Crippen LogP contribution is -2.31. The summed E-state index contributed by atoms with van der Waals surface area (Å²) < 4.78 is 14.8. The van der Waals surface area contributed by atoms with E-state index in [0.29, 0.717) is 28.5 Å². The molecule has 1 fully saturated rings. The molecule has 0 saturated carbocycles. The van der Waals surface area contributed by atoms with Crippen LogP contribution in [-0.2, 0) is 22.6 Å². The number of ether oxygens (including phenoxy) is 2. The molecule has 1 aromatic heterocycles. The summed E-state index contributed by atoms with van der Waals surface area (Å²) in [5.74, 6) is 0.126. The number of aromatic hydroxyl groups is 1. The van der Waals surface area contributed by atoms with Gasteiger partial charge in [-0.25, -0.2) is 0 Å². The summed E-state index contributed by atoms with van der Waals surface area (Å²) in [7, 11) is 0.